The minimum absolute atomic E-state index is 0.469. The van der Waals surface area contributed by atoms with Crippen molar-refractivity contribution in [3.8, 4) is 5.82 Å². The summed E-state index contributed by atoms with van der Waals surface area (Å²) in [5, 5.41) is 0.469. The number of nitrogens with zero attached hydrogens (tertiary/aromatic N) is 3. The van der Waals surface area contributed by atoms with Crippen LogP contribution in [0.3, 0.4) is 0 Å². The average Bonchev–Trinajstić information content (AvgIpc) is 2.53. The van der Waals surface area contributed by atoms with Crippen LogP contribution >= 0.6 is 11.6 Å². The molecule has 0 unspecified atom stereocenters. The van der Waals surface area contributed by atoms with E-state index < -0.39 is 0 Å². The molecule has 0 aliphatic rings. The lowest BCUT2D eigenvalue weighted by atomic mass is 10.5. The van der Waals surface area contributed by atoms with Crippen molar-refractivity contribution in [2.75, 3.05) is 0 Å². The van der Waals surface area contributed by atoms with Gasteiger partial charge >= 0.3 is 0 Å². The van der Waals surface area contributed by atoms with Crippen LogP contribution in [0.25, 0.3) is 5.82 Å². The molecule has 0 spiro atoms. The van der Waals surface area contributed by atoms with Crippen molar-refractivity contribution >= 4 is 11.6 Å². The Balaban J connectivity index is 2.53. The van der Waals surface area contributed by atoms with Crippen LogP contribution in [0, 0.1) is 6.92 Å². The molecule has 0 saturated heterocycles. The second-order valence-corrected chi connectivity index (χ2v) is 3.07. The fraction of sp³-hybridized carbons (Fsp3) is 0.111. The molecular formula is C9H8ClN3. The first-order valence-electron chi connectivity index (χ1n) is 3.90. The van der Waals surface area contributed by atoms with E-state index in [0.717, 1.165) is 5.82 Å². The van der Waals surface area contributed by atoms with E-state index in [9.17, 15) is 0 Å². The van der Waals surface area contributed by atoms with Crippen LogP contribution in [-0.4, -0.2) is 14.5 Å². The van der Waals surface area contributed by atoms with E-state index >= 15 is 0 Å². The topological polar surface area (TPSA) is 30.7 Å². The summed E-state index contributed by atoms with van der Waals surface area (Å²) in [6.45, 7) is 1.82. The Morgan fingerprint density at radius 1 is 1.23 bits per heavy atom. The van der Waals surface area contributed by atoms with Gasteiger partial charge < -0.3 is 4.57 Å². The molecule has 0 bridgehead atoms. The Morgan fingerprint density at radius 3 is 2.54 bits per heavy atom. The van der Waals surface area contributed by atoms with Gasteiger partial charge in [-0.15, -0.1) is 0 Å². The van der Waals surface area contributed by atoms with Crippen LogP contribution in [0.5, 0.6) is 0 Å². The molecule has 0 atom stereocenters. The predicted molar refractivity (Wildman–Crippen MR) is 51.1 cm³/mol. The highest BCUT2D eigenvalue weighted by atomic mass is 35.5. The molecular weight excluding hydrogens is 186 g/mol. The maximum Gasteiger partial charge on any atom is 0.141 e. The van der Waals surface area contributed by atoms with Gasteiger partial charge in [0.2, 0.25) is 0 Å². The number of hydrogen-bond donors (Lipinski definition) is 0. The largest absolute Gasteiger partial charge is 0.309 e. The number of hydrogen-bond acceptors (Lipinski definition) is 2. The van der Waals surface area contributed by atoms with Gasteiger partial charge in [-0.3, -0.25) is 0 Å². The number of rotatable bonds is 1. The summed E-state index contributed by atoms with van der Waals surface area (Å²) in [6, 6.07) is 5.60. The summed E-state index contributed by atoms with van der Waals surface area (Å²) >= 11 is 5.80. The zero-order valence-corrected chi connectivity index (χ0v) is 7.86. The van der Waals surface area contributed by atoms with E-state index in [-0.39, 0.29) is 0 Å². The summed E-state index contributed by atoms with van der Waals surface area (Å²) in [4.78, 5) is 8.23. The molecule has 4 heteroatoms. The van der Waals surface area contributed by atoms with E-state index in [1.54, 1.807) is 6.07 Å². The molecule has 0 radical (unpaired) electrons. The Labute approximate surface area is 81.0 Å². The highest BCUT2D eigenvalue weighted by Crippen LogP contribution is 2.10. The molecule has 2 heterocycles. The molecule has 3 nitrogen and oxygen atoms in total. The highest BCUT2D eigenvalue weighted by molar-refractivity contribution is 6.29. The predicted octanol–water partition coefficient (Wildman–Crippen LogP) is 2.23. The number of aromatic nitrogens is 3. The molecule has 0 aromatic carbocycles. The van der Waals surface area contributed by atoms with Gasteiger partial charge in [-0.25, -0.2) is 9.97 Å². The van der Waals surface area contributed by atoms with Crippen molar-refractivity contribution in [2.24, 2.45) is 0 Å². The first kappa shape index (κ1) is 8.26. The Morgan fingerprint density at radius 2 is 1.92 bits per heavy atom. The SMILES string of the molecule is Cc1nc(Cl)cc(-n2cccc2)n1. The molecule has 2 aromatic heterocycles. The second-order valence-electron chi connectivity index (χ2n) is 2.69. The summed E-state index contributed by atoms with van der Waals surface area (Å²) in [5.41, 5.74) is 0. The third-order valence-corrected chi connectivity index (χ3v) is 1.86. The Bertz CT molecular complexity index is 389. The molecule has 0 N–H and O–H groups in total. The van der Waals surface area contributed by atoms with Crippen molar-refractivity contribution < 1.29 is 0 Å². The van der Waals surface area contributed by atoms with Gasteiger partial charge in [-0.2, -0.15) is 0 Å². The molecule has 2 rings (SSSR count). The molecule has 2 aromatic rings. The average molecular weight is 194 g/mol. The number of aryl methyl sites for hydroxylation is 1. The summed E-state index contributed by atoms with van der Waals surface area (Å²) in [5.74, 6) is 1.47. The van der Waals surface area contributed by atoms with Crippen molar-refractivity contribution in [3.63, 3.8) is 0 Å². The molecule has 0 amide bonds. The zero-order valence-electron chi connectivity index (χ0n) is 7.11. The maximum atomic E-state index is 5.80. The van der Waals surface area contributed by atoms with Crippen LogP contribution in [0.1, 0.15) is 5.82 Å². The summed E-state index contributed by atoms with van der Waals surface area (Å²) < 4.78 is 1.89. The third-order valence-electron chi connectivity index (χ3n) is 1.66. The second kappa shape index (κ2) is 3.18. The van der Waals surface area contributed by atoms with Crippen LogP contribution in [-0.2, 0) is 0 Å². The van der Waals surface area contributed by atoms with E-state index in [0.29, 0.717) is 11.0 Å². The van der Waals surface area contributed by atoms with E-state index in [1.807, 2.05) is 36.0 Å². The van der Waals surface area contributed by atoms with Gasteiger partial charge in [0.15, 0.2) is 0 Å². The Hall–Kier alpha value is -1.35. The first-order chi connectivity index (χ1) is 6.25. The zero-order chi connectivity index (χ0) is 9.26. The lowest BCUT2D eigenvalue weighted by molar-refractivity contribution is 0.945. The van der Waals surface area contributed by atoms with Gasteiger partial charge in [-0.05, 0) is 19.1 Å². The Kier molecular flexibility index (Phi) is 2.02. The van der Waals surface area contributed by atoms with Crippen LogP contribution in [0.15, 0.2) is 30.6 Å². The van der Waals surface area contributed by atoms with Crippen LogP contribution in [0.4, 0.5) is 0 Å². The van der Waals surface area contributed by atoms with Crippen molar-refractivity contribution in [3.05, 3.63) is 41.6 Å². The van der Waals surface area contributed by atoms with Crippen LogP contribution in [0.2, 0.25) is 5.15 Å². The van der Waals surface area contributed by atoms with Gasteiger partial charge in [0, 0.05) is 18.5 Å². The normalized spacial score (nSPS) is 10.3. The van der Waals surface area contributed by atoms with Crippen molar-refractivity contribution in [1.82, 2.24) is 14.5 Å². The standard InChI is InChI=1S/C9H8ClN3/c1-7-11-8(10)6-9(12-7)13-4-2-3-5-13/h2-6H,1H3. The lowest BCUT2D eigenvalue weighted by Crippen LogP contribution is -1.97. The minimum Gasteiger partial charge on any atom is -0.309 e. The molecule has 0 fully saturated rings. The smallest absolute Gasteiger partial charge is 0.141 e. The van der Waals surface area contributed by atoms with Gasteiger partial charge in [0.1, 0.15) is 16.8 Å². The molecule has 66 valence electrons. The monoisotopic (exact) mass is 193 g/mol. The van der Waals surface area contributed by atoms with Crippen LogP contribution < -0.4 is 0 Å². The highest BCUT2D eigenvalue weighted by Gasteiger charge is 2.00. The third kappa shape index (κ3) is 1.70. The summed E-state index contributed by atoms with van der Waals surface area (Å²) in [6.07, 6.45) is 3.83. The number of halogens is 1. The lowest BCUT2D eigenvalue weighted by Gasteiger charge is -2.02. The summed E-state index contributed by atoms with van der Waals surface area (Å²) in [7, 11) is 0. The minimum atomic E-state index is 0.469. The van der Waals surface area contributed by atoms with Gasteiger partial charge in [0.25, 0.3) is 0 Å². The molecule has 13 heavy (non-hydrogen) atoms. The fourth-order valence-corrected chi connectivity index (χ4v) is 1.36. The van der Waals surface area contributed by atoms with Gasteiger partial charge in [0.05, 0.1) is 0 Å². The van der Waals surface area contributed by atoms with E-state index in [2.05, 4.69) is 9.97 Å². The van der Waals surface area contributed by atoms with Gasteiger partial charge in [-0.1, -0.05) is 11.6 Å². The molecule has 0 saturated carbocycles. The van der Waals surface area contributed by atoms with E-state index in [1.165, 1.54) is 0 Å². The van der Waals surface area contributed by atoms with Crippen molar-refractivity contribution in [2.45, 2.75) is 6.92 Å². The quantitative estimate of drug-likeness (QED) is 0.651. The fourth-order valence-electron chi connectivity index (χ4n) is 1.14. The molecule has 0 aliphatic carbocycles. The molecule has 0 aliphatic heterocycles. The first-order valence-corrected chi connectivity index (χ1v) is 4.28. The van der Waals surface area contributed by atoms with Crippen molar-refractivity contribution in [1.29, 1.82) is 0 Å². The maximum absolute atomic E-state index is 5.80. The van der Waals surface area contributed by atoms with E-state index in [4.69, 9.17) is 11.6 Å².